The highest BCUT2D eigenvalue weighted by Crippen LogP contribution is 2.37. The van der Waals surface area contributed by atoms with Gasteiger partial charge in [-0.15, -0.1) is 0 Å². The van der Waals surface area contributed by atoms with E-state index in [1.807, 2.05) is 23.1 Å². The monoisotopic (exact) mass is 288 g/mol. The number of hydrogen-bond donors (Lipinski definition) is 1. The van der Waals surface area contributed by atoms with Gasteiger partial charge in [0.25, 0.3) is 0 Å². The first-order valence-corrected chi connectivity index (χ1v) is 7.75. The zero-order valence-corrected chi connectivity index (χ0v) is 12.0. The fourth-order valence-corrected chi connectivity index (χ4v) is 3.75. The summed E-state index contributed by atoms with van der Waals surface area (Å²) in [5, 5.41) is 2.97. The maximum Gasteiger partial charge on any atom is 0.321 e. The summed E-state index contributed by atoms with van der Waals surface area (Å²) in [5.41, 5.74) is 0.763. The quantitative estimate of drug-likeness (QED) is 0.864. The Hall–Kier alpha value is -1.91. The molecule has 3 aliphatic rings. The van der Waals surface area contributed by atoms with Crippen LogP contribution in [0.2, 0.25) is 0 Å². The van der Waals surface area contributed by atoms with Gasteiger partial charge in [0.1, 0.15) is 0 Å². The molecule has 1 aromatic carbocycles. The van der Waals surface area contributed by atoms with E-state index >= 15 is 0 Å². The molecule has 0 aromatic heterocycles. The Morgan fingerprint density at radius 1 is 1.10 bits per heavy atom. The number of amides is 2. The molecule has 1 aliphatic carbocycles. The summed E-state index contributed by atoms with van der Waals surface area (Å²) in [6.45, 7) is 2.06. The highest BCUT2D eigenvalue weighted by molar-refractivity contribution is 5.90. The molecule has 1 saturated carbocycles. The molecular formula is C16H20N2O3. The minimum atomic E-state index is 0.00302. The van der Waals surface area contributed by atoms with Crippen LogP contribution in [0, 0.1) is 11.8 Å². The van der Waals surface area contributed by atoms with Gasteiger partial charge in [0.05, 0.1) is 0 Å². The summed E-state index contributed by atoms with van der Waals surface area (Å²) in [6.07, 6.45) is 5.19. The van der Waals surface area contributed by atoms with Crippen molar-refractivity contribution in [2.75, 3.05) is 25.2 Å². The van der Waals surface area contributed by atoms with E-state index in [-0.39, 0.29) is 12.8 Å². The largest absolute Gasteiger partial charge is 0.454 e. The van der Waals surface area contributed by atoms with Crippen LogP contribution in [0.25, 0.3) is 0 Å². The molecule has 2 atom stereocenters. The molecule has 1 saturated heterocycles. The Kier molecular flexibility index (Phi) is 3.13. The fourth-order valence-electron chi connectivity index (χ4n) is 3.75. The van der Waals surface area contributed by atoms with Gasteiger partial charge in [-0.2, -0.15) is 0 Å². The number of hydrogen-bond acceptors (Lipinski definition) is 3. The summed E-state index contributed by atoms with van der Waals surface area (Å²) in [4.78, 5) is 14.4. The molecular weight excluding hydrogens is 268 g/mol. The van der Waals surface area contributed by atoms with E-state index in [0.29, 0.717) is 17.6 Å². The second kappa shape index (κ2) is 5.13. The van der Waals surface area contributed by atoms with Crippen molar-refractivity contribution in [1.82, 2.24) is 4.90 Å². The molecule has 2 aliphatic heterocycles. The van der Waals surface area contributed by atoms with Gasteiger partial charge < -0.3 is 19.7 Å². The zero-order chi connectivity index (χ0) is 14.2. The Morgan fingerprint density at radius 3 is 2.57 bits per heavy atom. The number of anilines is 1. The minimum absolute atomic E-state index is 0.00302. The average molecular weight is 288 g/mol. The molecule has 2 fully saturated rings. The van der Waals surface area contributed by atoms with Crippen LogP contribution in [-0.4, -0.2) is 30.8 Å². The Morgan fingerprint density at radius 2 is 1.81 bits per heavy atom. The van der Waals surface area contributed by atoms with E-state index in [4.69, 9.17) is 9.47 Å². The van der Waals surface area contributed by atoms with E-state index in [2.05, 4.69) is 5.32 Å². The van der Waals surface area contributed by atoms with Gasteiger partial charge in [0, 0.05) is 24.8 Å². The smallest absolute Gasteiger partial charge is 0.321 e. The molecule has 1 N–H and O–H groups in total. The van der Waals surface area contributed by atoms with Gasteiger partial charge in [-0.05, 0) is 36.8 Å². The lowest BCUT2D eigenvalue weighted by Gasteiger charge is -2.22. The number of rotatable bonds is 1. The third-order valence-electron chi connectivity index (χ3n) is 4.89. The number of benzene rings is 1. The molecule has 2 amide bonds. The Balaban J connectivity index is 1.42. The van der Waals surface area contributed by atoms with E-state index in [9.17, 15) is 4.79 Å². The van der Waals surface area contributed by atoms with Crippen molar-refractivity contribution in [2.45, 2.75) is 25.7 Å². The molecule has 2 heterocycles. The minimum Gasteiger partial charge on any atom is -0.454 e. The highest BCUT2D eigenvalue weighted by atomic mass is 16.7. The number of nitrogens with zero attached hydrogens (tertiary/aromatic N) is 1. The van der Waals surface area contributed by atoms with Crippen molar-refractivity contribution in [3.8, 4) is 11.5 Å². The van der Waals surface area contributed by atoms with E-state index in [0.717, 1.165) is 24.5 Å². The van der Waals surface area contributed by atoms with Crippen molar-refractivity contribution in [3.05, 3.63) is 18.2 Å². The summed E-state index contributed by atoms with van der Waals surface area (Å²) in [7, 11) is 0. The van der Waals surface area contributed by atoms with Crippen molar-refractivity contribution in [3.63, 3.8) is 0 Å². The van der Waals surface area contributed by atoms with Crippen LogP contribution in [0.4, 0.5) is 10.5 Å². The molecule has 5 heteroatoms. The Bertz CT molecular complexity index is 546. The van der Waals surface area contributed by atoms with Crippen LogP contribution in [0.15, 0.2) is 18.2 Å². The molecule has 1 aromatic rings. The fraction of sp³-hybridized carbons (Fsp3) is 0.562. The van der Waals surface area contributed by atoms with E-state index in [1.54, 1.807) is 0 Å². The predicted molar refractivity (Wildman–Crippen MR) is 78.6 cm³/mol. The van der Waals surface area contributed by atoms with Crippen molar-refractivity contribution >= 4 is 11.7 Å². The van der Waals surface area contributed by atoms with Crippen LogP contribution >= 0.6 is 0 Å². The topological polar surface area (TPSA) is 50.8 Å². The van der Waals surface area contributed by atoms with Crippen molar-refractivity contribution < 1.29 is 14.3 Å². The van der Waals surface area contributed by atoms with Crippen LogP contribution in [0.1, 0.15) is 25.7 Å². The number of carbonyl (C=O) groups excluding carboxylic acids is 1. The van der Waals surface area contributed by atoms with Gasteiger partial charge >= 0.3 is 6.03 Å². The first kappa shape index (κ1) is 12.8. The molecule has 0 spiro atoms. The van der Waals surface area contributed by atoms with Gasteiger partial charge in [-0.3, -0.25) is 0 Å². The second-order valence-electron chi connectivity index (χ2n) is 6.21. The summed E-state index contributed by atoms with van der Waals surface area (Å²) < 4.78 is 10.6. The van der Waals surface area contributed by atoms with Crippen LogP contribution < -0.4 is 14.8 Å². The maximum atomic E-state index is 12.4. The molecule has 0 radical (unpaired) electrons. The third kappa shape index (κ3) is 2.41. The highest BCUT2D eigenvalue weighted by Gasteiger charge is 2.36. The molecule has 5 nitrogen and oxygen atoms in total. The summed E-state index contributed by atoms with van der Waals surface area (Å²) in [5.74, 6) is 2.85. The molecule has 4 rings (SSSR count). The van der Waals surface area contributed by atoms with Gasteiger partial charge in [0.15, 0.2) is 11.5 Å². The SMILES string of the molecule is O=C(Nc1ccc2c(c1)OCO2)N1CC2CCCCC2C1. The number of likely N-dealkylation sites (tertiary alicyclic amines) is 1. The van der Waals surface area contributed by atoms with Crippen molar-refractivity contribution in [1.29, 1.82) is 0 Å². The second-order valence-corrected chi connectivity index (χ2v) is 6.21. The van der Waals surface area contributed by atoms with Crippen LogP contribution in [-0.2, 0) is 0 Å². The van der Waals surface area contributed by atoms with Crippen LogP contribution in [0.5, 0.6) is 11.5 Å². The number of fused-ring (bicyclic) bond motifs is 2. The standard InChI is InChI=1S/C16H20N2O3/c19-16(18-8-11-3-1-2-4-12(11)9-18)17-13-5-6-14-15(7-13)21-10-20-14/h5-7,11-12H,1-4,8-10H2,(H,17,19). The normalized spacial score (nSPS) is 26.6. The number of ether oxygens (including phenoxy) is 2. The van der Waals surface area contributed by atoms with Gasteiger partial charge in [-0.1, -0.05) is 12.8 Å². The first-order valence-electron chi connectivity index (χ1n) is 7.75. The lowest BCUT2D eigenvalue weighted by atomic mass is 9.82. The van der Waals surface area contributed by atoms with E-state index < -0.39 is 0 Å². The van der Waals surface area contributed by atoms with E-state index in [1.165, 1.54) is 25.7 Å². The molecule has 0 bridgehead atoms. The van der Waals surface area contributed by atoms with Gasteiger partial charge in [-0.25, -0.2) is 4.79 Å². The molecule has 112 valence electrons. The average Bonchev–Trinajstić information content (AvgIpc) is 3.13. The summed E-state index contributed by atoms with van der Waals surface area (Å²) in [6, 6.07) is 5.52. The number of nitrogens with one attached hydrogen (secondary N) is 1. The van der Waals surface area contributed by atoms with Gasteiger partial charge in [0.2, 0.25) is 6.79 Å². The maximum absolute atomic E-state index is 12.4. The Labute approximate surface area is 124 Å². The first-order chi connectivity index (χ1) is 10.3. The van der Waals surface area contributed by atoms with Crippen LogP contribution in [0.3, 0.4) is 0 Å². The summed E-state index contributed by atoms with van der Waals surface area (Å²) >= 11 is 0. The lowest BCUT2D eigenvalue weighted by Crippen LogP contribution is -2.33. The third-order valence-corrected chi connectivity index (χ3v) is 4.89. The molecule has 2 unspecified atom stereocenters. The molecule has 21 heavy (non-hydrogen) atoms. The lowest BCUT2D eigenvalue weighted by molar-refractivity contribution is 0.174. The predicted octanol–water partition coefficient (Wildman–Crippen LogP) is 3.07. The van der Waals surface area contributed by atoms with Crippen molar-refractivity contribution in [2.24, 2.45) is 11.8 Å². The number of urea groups is 1. The number of carbonyl (C=O) groups is 1. The zero-order valence-electron chi connectivity index (χ0n) is 12.0.